The molecule has 0 bridgehead atoms. The molecule has 0 saturated carbocycles. The first-order valence-electron chi connectivity index (χ1n) is 9.45. The van der Waals surface area contributed by atoms with Gasteiger partial charge < -0.3 is 13.7 Å². The number of carbonyl (C=O) groups excluding carboxylic acids is 2. The summed E-state index contributed by atoms with van der Waals surface area (Å²) in [4.78, 5) is 29.3. The van der Waals surface area contributed by atoms with Crippen molar-refractivity contribution in [1.29, 1.82) is 0 Å². The second-order valence-electron chi connectivity index (χ2n) is 7.09. The summed E-state index contributed by atoms with van der Waals surface area (Å²) in [5, 5.41) is 0. The molecule has 152 valence electrons. The molecule has 6 nitrogen and oxygen atoms in total. The van der Waals surface area contributed by atoms with Crippen LogP contribution in [-0.2, 0) is 4.74 Å². The predicted octanol–water partition coefficient (Wildman–Crippen LogP) is 4.23. The fourth-order valence-corrected chi connectivity index (χ4v) is 3.58. The molecule has 7 heteroatoms. The number of esters is 1. The molecule has 0 atom stereocenters. The van der Waals surface area contributed by atoms with E-state index in [1.807, 2.05) is 19.1 Å². The molecule has 30 heavy (non-hydrogen) atoms. The number of nitrogens with zero attached hydrogens (tertiary/aromatic N) is 3. The number of aromatic nitrogens is 3. The number of benzene rings is 1. The van der Waals surface area contributed by atoms with Crippen molar-refractivity contribution in [2.75, 3.05) is 6.61 Å². The number of ketones is 1. The van der Waals surface area contributed by atoms with Gasteiger partial charge in [-0.05, 0) is 51.1 Å². The molecule has 4 rings (SSSR count). The summed E-state index contributed by atoms with van der Waals surface area (Å²) in [5.41, 5.74) is 3.73. The number of imidazole rings is 1. The number of hydrogen-bond acceptors (Lipinski definition) is 4. The van der Waals surface area contributed by atoms with Gasteiger partial charge in [0, 0.05) is 28.8 Å². The second-order valence-corrected chi connectivity index (χ2v) is 7.09. The zero-order valence-electron chi connectivity index (χ0n) is 16.8. The van der Waals surface area contributed by atoms with E-state index < -0.39 is 12.6 Å². The maximum atomic E-state index is 14.2. The fourth-order valence-electron chi connectivity index (χ4n) is 3.58. The number of para-hydroxylation sites is 1. The van der Waals surface area contributed by atoms with E-state index >= 15 is 0 Å². The Labute approximate surface area is 172 Å². The number of aryl methyl sites for hydroxylation is 2. The van der Waals surface area contributed by atoms with E-state index in [4.69, 9.17) is 4.74 Å². The van der Waals surface area contributed by atoms with E-state index in [-0.39, 0.29) is 17.3 Å². The summed E-state index contributed by atoms with van der Waals surface area (Å²) in [6.45, 7) is 5.01. The van der Waals surface area contributed by atoms with Crippen LogP contribution in [0.4, 0.5) is 4.39 Å². The highest BCUT2D eigenvalue weighted by Gasteiger charge is 2.20. The van der Waals surface area contributed by atoms with Crippen molar-refractivity contribution in [2.24, 2.45) is 0 Å². The van der Waals surface area contributed by atoms with Crippen molar-refractivity contribution in [3.8, 4) is 5.69 Å². The van der Waals surface area contributed by atoms with Gasteiger partial charge in [0.05, 0.1) is 5.69 Å². The monoisotopic (exact) mass is 405 g/mol. The third kappa shape index (κ3) is 3.39. The van der Waals surface area contributed by atoms with Crippen molar-refractivity contribution in [3.05, 3.63) is 88.9 Å². The molecule has 4 aromatic rings. The third-order valence-corrected chi connectivity index (χ3v) is 5.06. The van der Waals surface area contributed by atoms with Gasteiger partial charge in [0.1, 0.15) is 11.5 Å². The summed E-state index contributed by atoms with van der Waals surface area (Å²) < 4.78 is 22.9. The molecule has 0 aliphatic rings. The Morgan fingerprint density at radius 1 is 1.03 bits per heavy atom. The third-order valence-electron chi connectivity index (χ3n) is 5.06. The quantitative estimate of drug-likeness (QED) is 0.368. The maximum absolute atomic E-state index is 14.2. The summed E-state index contributed by atoms with van der Waals surface area (Å²) in [7, 11) is 0. The molecule has 0 aliphatic heterocycles. The first-order chi connectivity index (χ1) is 14.4. The van der Waals surface area contributed by atoms with Crippen molar-refractivity contribution < 1.29 is 18.7 Å². The van der Waals surface area contributed by atoms with E-state index in [1.54, 1.807) is 59.3 Å². The summed E-state index contributed by atoms with van der Waals surface area (Å²) >= 11 is 0. The SMILES string of the molecule is Cc1cc(C(=O)COC(=O)c2cn3c(C)cccc3n2)c(C)n1-c1ccccc1F. The van der Waals surface area contributed by atoms with Crippen molar-refractivity contribution in [3.63, 3.8) is 0 Å². The van der Waals surface area contributed by atoms with Crippen LogP contribution in [0.25, 0.3) is 11.3 Å². The lowest BCUT2D eigenvalue weighted by Gasteiger charge is -2.10. The van der Waals surface area contributed by atoms with Crippen LogP contribution in [0, 0.1) is 26.6 Å². The first kappa shape index (κ1) is 19.6. The number of hydrogen-bond donors (Lipinski definition) is 0. The molecule has 0 saturated heterocycles. The average Bonchev–Trinajstić information content (AvgIpc) is 3.29. The fraction of sp³-hybridized carbons (Fsp3) is 0.174. The molecule has 3 heterocycles. The lowest BCUT2D eigenvalue weighted by atomic mass is 10.1. The van der Waals surface area contributed by atoms with Gasteiger partial charge in [-0.3, -0.25) is 4.79 Å². The Balaban J connectivity index is 1.53. The standard InChI is InChI=1S/C23H20FN3O3/c1-14-7-6-10-22-25-19(12-26(14)22)23(29)30-13-21(28)17-11-15(2)27(16(17)3)20-9-5-4-8-18(20)24/h4-12H,13H2,1-3H3. The first-order valence-corrected chi connectivity index (χ1v) is 9.45. The normalized spacial score (nSPS) is 11.1. The van der Waals surface area contributed by atoms with Crippen LogP contribution in [0.1, 0.15) is 37.9 Å². The molecule has 1 aromatic carbocycles. The Kier molecular flexibility index (Phi) is 4.95. The van der Waals surface area contributed by atoms with Crippen LogP contribution in [0.2, 0.25) is 0 Å². The summed E-state index contributed by atoms with van der Waals surface area (Å²) in [5.74, 6) is -1.42. The van der Waals surface area contributed by atoms with Crippen molar-refractivity contribution in [2.45, 2.75) is 20.8 Å². The van der Waals surface area contributed by atoms with E-state index in [9.17, 15) is 14.0 Å². The van der Waals surface area contributed by atoms with E-state index in [0.717, 1.165) is 5.69 Å². The van der Waals surface area contributed by atoms with Crippen LogP contribution in [-0.4, -0.2) is 32.3 Å². The minimum Gasteiger partial charge on any atom is -0.453 e. The summed E-state index contributed by atoms with van der Waals surface area (Å²) in [6, 6.07) is 13.6. The minimum absolute atomic E-state index is 0.133. The Bertz CT molecular complexity index is 1290. The molecule has 0 aliphatic carbocycles. The van der Waals surface area contributed by atoms with E-state index in [1.165, 1.54) is 6.07 Å². The highest BCUT2D eigenvalue weighted by molar-refractivity contribution is 6.00. The van der Waals surface area contributed by atoms with Crippen LogP contribution in [0.3, 0.4) is 0 Å². The number of Topliss-reactive ketones (excluding diaryl/α,β-unsaturated/α-hetero) is 1. The molecule has 0 unspecified atom stereocenters. The van der Waals surface area contributed by atoms with Gasteiger partial charge in [0.25, 0.3) is 0 Å². The predicted molar refractivity (Wildman–Crippen MR) is 110 cm³/mol. The summed E-state index contributed by atoms with van der Waals surface area (Å²) in [6.07, 6.45) is 1.58. The second kappa shape index (κ2) is 7.59. The average molecular weight is 405 g/mol. The van der Waals surface area contributed by atoms with Crippen molar-refractivity contribution in [1.82, 2.24) is 14.0 Å². The topological polar surface area (TPSA) is 65.6 Å². The zero-order chi connectivity index (χ0) is 21.4. The molecule has 0 amide bonds. The smallest absolute Gasteiger partial charge is 0.359 e. The number of pyridine rings is 1. The number of fused-ring (bicyclic) bond motifs is 1. The van der Waals surface area contributed by atoms with Crippen LogP contribution < -0.4 is 0 Å². The Morgan fingerprint density at radius 3 is 2.53 bits per heavy atom. The van der Waals surface area contributed by atoms with E-state index in [2.05, 4.69) is 4.98 Å². The number of ether oxygens (including phenoxy) is 1. The van der Waals surface area contributed by atoms with Gasteiger partial charge in [0.15, 0.2) is 12.3 Å². The molecular formula is C23H20FN3O3. The zero-order valence-corrected chi connectivity index (χ0v) is 16.8. The lowest BCUT2D eigenvalue weighted by molar-refractivity contribution is 0.0469. The van der Waals surface area contributed by atoms with Gasteiger partial charge in [-0.25, -0.2) is 14.2 Å². The lowest BCUT2D eigenvalue weighted by Crippen LogP contribution is -2.15. The molecule has 0 N–H and O–H groups in total. The van der Waals surface area contributed by atoms with E-state index in [0.29, 0.717) is 28.3 Å². The van der Waals surface area contributed by atoms with Crippen LogP contribution >= 0.6 is 0 Å². The Morgan fingerprint density at radius 2 is 1.80 bits per heavy atom. The molecule has 3 aromatic heterocycles. The highest BCUT2D eigenvalue weighted by atomic mass is 19.1. The molecule has 0 radical (unpaired) electrons. The van der Waals surface area contributed by atoms with Gasteiger partial charge >= 0.3 is 5.97 Å². The highest BCUT2D eigenvalue weighted by Crippen LogP contribution is 2.23. The Hall–Kier alpha value is -3.74. The van der Waals surface area contributed by atoms with Gasteiger partial charge in [0.2, 0.25) is 5.78 Å². The number of rotatable bonds is 5. The van der Waals surface area contributed by atoms with Gasteiger partial charge in [-0.15, -0.1) is 0 Å². The van der Waals surface area contributed by atoms with Gasteiger partial charge in [-0.1, -0.05) is 18.2 Å². The van der Waals surface area contributed by atoms with Crippen LogP contribution in [0.15, 0.2) is 54.7 Å². The largest absolute Gasteiger partial charge is 0.453 e. The minimum atomic E-state index is -0.672. The van der Waals surface area contributed by atoms with Crippen LogP contribution in [0.5, 0.6) is 0 Å². The number of halogens is 1. The molecule has 0 spiro atoms. The molecular weight excluding hydrogens is 385 g/mol. The van der Waals surface area contributed by atoms with Crippen molar-refractivity contribution >= 4 is 17.4 Å². The maximum Gasteiger partial charge on any atom is 0.359 e. The molecule has 0 fully saturated rings. The van der Waals surface area contributed by atoms with Gasteiger partial charge in [-0.2, -0.15) is 0 Å². The number of carbonyl (C=O) groups is 2.